The van der Waals surface area contributed by atoms with E-state index in [1.807, 2.05) is 11.8 Å². The largest absolute Gasteiger partial charge is 0.362 e. The smallest absolute Gasteiger partial charge is 0.157 e. The molecule has 0 aromatic rings. The van der Waals surface area contributed by atoms with E-state index < -0.39 is 0 Å². The first-order valence-electron chi connectivity index (χ1n) is 5.75. The van der Waals surface area contributed by atoms with E-state index >= 15 is 0 Å². The first kappa shape index (κ1) is 10.3. The average Bonchev–Trinajstić information content (AvgIpc) is 2.54. The van der Waals surface area contributed by atoms with Gasteiger partial charge in [-0.1, -0.05) is 31.5 Å². The van der Waals surface area contributed by atoms with E-state index in [0.717, 1.165) is 5.25 Å². The highest BCUT2D eigenvalue weighted by Crippen LogP contribution is 2.26. The minimum atomic E-state index is 0.603. The molecule has 2 nitrogen and oxygen atoms in total. The van der Waals surface area contributed by atoms with Gasteiger partial charge in [0.25, 0.3) is 0 Å². The van der Waals surface area contributed by atoms with Crippen LogP contribution in [-0.2, 0) is 0 Å². The lowest BCUT2D eigenvalue weighted by molar-refractivity contribution is 0.592. The van der Waals surface area contributed by atoms with Crippen LogP contribution in [0.3, 0.4) is 0 Å². The van der Waals surface area contributed by atoms with Gasteiger partial charge in [-0.3, -0.25) is 4.99 Å². The molecule has 80 valence electrons. The SMILES string of the molecule is CC1CC(C)SC(=NC2CCCC2)N1. The third-order valence-corrected chi connectivity index (χ3v) is 4.03. The number of nitrogens with zero attached hydrogens (tertiary/aromatic N) is 1. The summed E-state index contributed by atoms with van der Waals surface area (Å²) >= 11 is 1.92. The molecular formula is C11H20N2S. The van der Waals surface area contributed by atoms with Crippen LogP contribution in [0.1, 0.15) is 46.0 Å². The number of rotatable bonds is 1. The van der Waals surface area contributed by atoms with Gasteiger partial charge in [-0.15, -0.1) is 0 Å². The Hall–Kier alpha value is -0.180. The van der Waals surface area contributed by atoms with E-state index in [2.05, 4.69) is 19.2 Å². The third kappa shape index (κ3) is 2.66. The molecule has 1 saturated carbocycles. The summed E-state index contributed by atoms with van der Waals surface area (Å²) in [6.45, 7) is 4.55. The monoisotopic (exact) mass is 212 g/mol. The Balaban J connectivity index is 1.94. The first-order valence-corrected chi connectivity index (χ1v) is 6.63. The predicted molar refractivity (Wildman–Crippen MR) is 64.0 cm³/mol. The Morgan fingerprint density at radius 2 is 2.00 bits per heavy atom. The molecule has 1 aliphatic carbocycles. The summed E-state index contributed by atoms with van der Waals surface area (Å²) < 4.78 is 0. The molecular weight excluding hydrogens is 192 g/mol. The Morgan fingerprint density at radius 3 is 2.64 bits per heavy atom. The van der Waals surface area contributed by atoms with E-state index in [1.165, 1.54) is 37.3 Å². The zero-order valence-electron chi connectivity index (χ0n) is 9.12. The summed E-state index contributed by atoms with van der Waals surface area (Å²) in [5.41, 5.74) is 0. The second-order valence-electron chi connectivity index (χ2n) is 4.58. The van der Waals surface area contributed by atoms with Gasteiger partial charge < -0.3 is 5.32 Å². The number of nitrogens with one attached hydrogen (secondary N) is 1. The minimum Gasteiger partial charge on any atom is -0.362 e. The third-order valence-electron chi connectivity index (χ3n) is 2.99. The van der Waals surface area contributed by atoms with Crippen LogP contribution in [0.15, 0.2) is 4.99 Å². The summed E-state index contributed by atoms with van der Waals surface area (Å²) in [6.07, 6.45) is 6.60. The summed E-state index contributed by atoms with van der Waals surface area (Å²) in [4.78, 5) is 4.80. The molecule has 0 spiro atoms. The molecule has 0 aromatic carbocycles. The van der Waals surface area contributed by atoms with Gasteiger partial charge in [0.2, 0.25) is 0 Å². The fraction of sp³-hybridized carbons (Fsp3) is 0.909. The topological polar surface area (TPSA) is 24.4 Å². The zero-order chi connectivity index (χ0) is 9.97. The van der Waals surface area contributed by atoms with Crippen molar-refractivity contribution >= 4 is 16.9 Å². The molecule has 2 rings (SSSR count). The van der Waals surface area contributed by atoms with Crippen molar-refractivity contribution in [2.24, 2.45) is 4.99 Å². The molecule has 14 heavy (non-hydrogen) atoms. The van der Waals surface area contributed by atoms with Crippen LogP contribution in [0.25, 0.3) is 0 Å². The van der Waals surface area contributed by atoms with Crippen LogP contribution in [-0.4, -0.2) is 22.5 Å². The molecule has 2 aliphatic rings. The van der Waals surface area contributed by atoms with Crippen molar-refractivity contribution in [1.29, 1.82) is 0 Å². The fourth-order valence-corrected chi connectivity index (χ4v) is 3.55. The van der Waals surface area contributed by atoms with Gasteiger partial charge in [0.15, 0.2) is 5.17 Å². The van der Waals surface area contributed by atoms with Gasteiger partial charge in [-0.05, 0) is 26.2 Å². The van der Waals surface area contributed by atoms with Crippen LogP contribution in [0, 0.1) is 0 Å². The number of amidine groups is 1. The number of hydrogen-bond acceptors (Lipinski definition) is 2. The summed E-state index contributed by atoms with van der Waals surface area (Å²) in [6, 6.07) is 1.22. The number of hydrogen-bond donors (Lipinski definition) is 1. The molecule has 0 bridgehead atoms. The Labute approximate surface area is 90.9 Å². The van der Waals surface area contributed by atoms with Gasteiger partial charge in [0, 0.05) is 11.3 Å². The van der Waals surface area contributed by atoms with Gasteiger partial charge in [-0.2, -0.15) is 0 Å². The average molecular weight is 212 g/mol. The van der Waals surface area contributed by atoms with Crippen molar-refractivity contribution in [1.82, 2.24) is 5.32 Å². The molecule has 1 heterocycles. The summed E-state index contributed by atoms with van der Waals surface area (Å²) in [5.74, 6) is 0. The van der Waals surface area contributed by atoms with Gasteiger partial charge >= 0.3 is 0 Å². The molecule has 3 heteroatoms. The highest BCUT2D eigenvalue weighted by molar-refractivity contribution is 8.14. The second-order valence-corrected chi connectivity index (χ2v) is 6.01. The van der Waals surface area contributed by atoms with Crippen LogP contribution in [0.5, 0.6) is 0 Å². The van der Waals surface area contributed by atoms with Crippen molar-refractivity contribution in [3.8, 4) is 0 Å². The first-order chi connectivity index (χ1) is 6.74. The van der Waals surface area contributed by atoms with E-state index in [1.54, 1.807) is 0 Å². The minimum absolute atomic E-state index is 0.603. The van der Waals surface area contributed by atoms with Crippen LogP contribution >= 0.6 is 11.8 Å². The molecule has 2 unspecified atom stereocenters. The maximum Gasteiger partial charge on any atom is 0.157 e. The fourth-order valence-electron chi connectivity index (χ4n) is 2.31. The van der Waals surface area contributed by atoms with Crippen molar-refractivity contribution in [2.45, 2.75) is 63.3 Å². The van der Waals surface area contributed by atoms with E-state index in [0.29, 0.717) is 12.1 Å². The normalized spacial score (nSPS) is 37.4. The summed E-state index contributed by atoms with van der Waals surface area (Å²) in [5, 5.41) is 5.41. The van der Waals surface area contributed by atoms with E-state index in [4.69, 9.17) is 4.99 Å². The van der Waals surface area contributed by atoms with Crippen molar-refractivity contribution < 1.29 is 0 Å². The maximum atomic E-state index is 4.80. The van der Waals surface area contributed by atoms with Crippen molar-refractivity contribution in [3.05, 3.63) is 0 Å². The molecule has 1 N–H and O–H groups in total. The molecule has 0 aromatic heterocycles. The van der Waals surface area contributed by atoms with Crippen molar-refractivity contribution in [3.63, 3.8) is 0 Å². The van der Waals surface area contributed by atoms with Crippen LogP contribution < -0.4 is 5.32 Å². The van der Waals surface area contributed by atoms with Gasteiger partial charge in [0.05, 0.1) is 6.04 Å². The lowest BCUT2D eigenvalue weighted by Gasteiger charge is -2.27. The van der Waals surface area contributed by atoms with E-state index in [-0.39, 0.29) is 0 Å². The van der Waals surface area contributed by atoms with Gasteiger partial charge in [-0.25, -0.2) is 0 Å². The molecule has 2 atom stereocenters. The Kier molecular flexibility index (Phi) is 3.37. The quantitative estimate of drug-likeness (QED) is 0.723. The standard InChI is InChI=1S/C11H20N2S/c1-8-7-9(2)14-11(12-8)13-10-5-3-4-6-10/h8-10H,3-7H2,1-2H3,(H,12,13). The molecule has 0 radical (unpaired) electrons. The van der Waals surface area contributed by atoms with Crippen LogP contribution in [0.4, 0.5) is 0 Å². The highest BCUT2D eigenvalue weighted by atomic mass is 32.2. The Bertz CT molecular complexity index is 209. The predicted octanol–water partition coefficient (Wildman–Crippen LogP) is 2.79. The van der Waals surface area contributed by atoms with Gasteiger partial charge in [0.1, 0.15) is 0 Å². The summed E-state index contributed by atoms with van der Waals surface area (Å²) in [7, 11) is 0. The maximum absolute atomic E-state index is 4.80. The zero-order valence-corrected chi connectivity index (χ0v) is 9.94. The lowest BCUT2D eigenvalue weighted by Crippen LogP contribution is -2.38. The highest BCUT2D eigenvalue weighted by Gasteiger charge is 2.22. The molecule has 2 fully saturated rings. The van der Waals surface area contributed by atoms with E-state index in [9.17, 15) is 0 Å². The van der Waals surface area contributed by atoms with Crippen LogP contribution in [0.2, 0.25) is 0 Å². The second kappa shape index (κ2) is 4.56. The molecule has 0 amide bonds. The van der Waals surface area contributed by atoms with Crippen molar-refractivity contribution in [2.75, 3.05) is 0 Å². The molecule has 1 aliphatic heterocycles. The molecule has 1 saturated heterocycles. The lowest BCUT2D eigenvalue weighted by atomic mass is 10.2. The number of aliphatic imine (C=N–C) groups is 1. The number of thioether (sulfide) groups is 1. The Morgan fingerprint density at radius 1 is 1.29 bits per heavy atom.